The summed E-state index contributed by atoms with van der Waals surface area (Å²) in [5.41, 5.74) is 0.656. The SMILES string of the molecule is C[C@H]1CN(C(=O)C(O)c2ccccc2)CCN1. The summed E-state index contributed by atoms with van der Waals surface area (Å²) < 4.78 is 0. The predicted molar refractivity (Wildman–Crippen MR) is 65.4 cm³/mol. The second-order valence-electron chi connectivity index (χ2n) is 4.45. The predicted octanol–water partition coefficient (Wildman–Crippen LogP) is 0.540. The number of nitrogens with one attached hydrogen (secondary N) is 1. The lowest BCUT2D eigenvalue weighted by molar-refractivity contribution is -0.141. The molecule has 0 aliphatic carbocycles. The molecule has 2 N–H and O–H groups in total. The zero-order valence-corrected chi connectivity index (χ0v) is 9.97. The fraction of sp³-hybridized carbons (Fsp3) is 0.462. The van der Waals surface area contributed by atoms with E-state index in [9.17, 15) is 9.90 Å². The molecule has 0 radical (unpaired) electrons. The van der Waals surface area contributed by atoms with E-state index >= 15 is 0 Å². The van der Waals surface area contributed by atoms with Gasteiger partial charge in [0.15, 0.2) is 6.10 Å². The molecule has 1 aromatic carbocycles. The van der Waals surface area contributed by atoms with Crippen LogP contribution in [0.2, 0.25) is 0 Å². The van der Waals surface area contributed by atoms with Crippen LogP contribution >= 0.6 is 0 Å². The van der Waals surface area contributed by atoms with Crippen LogP contribution < -0.4 is 5.32 Å². The molecule has 1 amide bonds. The summed E-state index contributed by atoms with van der Waals surface area (Å²) in [6.07, 6.45) is -1.04. The number of benzene rings is 1. The van der Waals surface area contributed by atoms with Gasteiger partial charge in [0.1, 0.15) is 0 Å². The van der Waals surface area contributed by atoms with Crippen molar-refractivity contribution in [2.75, 3.05) is 19.6 Å². The minimum absolute atomic E-state index is 0.204. The Labute approximate surface area is 101 Å². The maximum absolute atomic E-state index is 12.1. The number of hydrogen-bond acceptors (Lipinski definition) is 3. The molecule has 0 spiro atoms. The molecule has 17 heavy (non-hydrogen) atoms. The van der Waals surface area contributed by atoms with E-state index in [1.165, 1.54) is 0 Å². The highest BCUT2D eigenvalue weighted by atomic mass is 16.3. The molecule has 92 valence electrons. The van der Waals surface area contributed by atoms with E-state index in [-0.39, 0.29) is 11.9 Å². The molecule has 0 saturated carbocycles. The van der Waals surface area contributed by atoms with Gasteiger partial charge in [0, 0.05) is 25.7 Å². The van der Waals surface area contributed by atoms with Crippen LogP contribution in [0.5, 0.6) is 0 Å². The van der Waals surface area contributed by atoms with Crippen LogP contribution in [0.3, 0.4) is 0 Å². The summed E-state index contributed by atoms with van der Waals surface area (Å²) >= 11 is 0. The zero-order chi connectivity index (χ0) is 12.3. The van der Waals surface area contributed by atoms with Crippen molar-refractivity contribution in [2.45, 2.75) is 19.1 Å². The normalized spacial score (nSPS) is 22.2. The number of carbonyl (C=O) groups excluding carboxylic acids is 1. The van der Waals surface area contributed by atoms with Crippen LogP contribution in [0.1, 0.15) is 18.6 Å². The van der Waals surface area contributed by atoms with Crippen molar-refractivity contribution in [1.82, 2.24) is 10.2 Å². The quantitative estimate of drug-likeness (QED) is 0.785. The minimum atomic E-state index is -1.04. The smallest absolute Gasteiger partial charge is 0.256 e. The number of rotatable bonds is 2. The van der Waals surface area contributed by atoms with Crippen LogP contribution in [0.15, 0.2) is 30.3 Å². The van der Waals surface area contributed by atoms with Crippen molar-refractivity contribution in [3.63, 3.8) is 0 Å². The van der Waals surface area contributed by atoms with Gasteiger partial charge in [0.2, 0.25) is 0 Å². The van der Waals surface area contributed by atoms with Crippen LogP contribution in [0.4, 0.5) is 0 Å². The fourth-order valence-electron chi connectivity index (χ4n) is 2.08. The van der Waals surface area contributed by atoms with Crippen LogP contribution in [0, 0.1) is 0 Å². The molecule has 1 unspecified atom stereocenters. The van der Waals surface area contributed by atoms with Crippen LogP contribution in [-0.4, -0.2) is 41.6 Å². The second-order valence-corrected chi connectivity index (χ2v) is 4.45. The van der Waals surface area contributed by atoms with Crippen molar-refractivity contribution >= 4 is 5.91 Å². The van der Waals surface area contributed by atoms with E-state index in [0.29, 0.717) is 18.7 Å². The molecule has 1 saturated heterocycles. The molecule has 0 bridgehead atoms. The van der Waals surface area contributed by atoms with Crippen molar-refractivity contribution in [2.24, 2.45) is 0 Å². The number of aliphatic hydroxyl groups is 1. The third-order valence-electron chi connectivity index (χ3n) is 3.03. The van der Waals surface area contributed by atoms with Gasteiger partial charge >= 0.3 is 0 Å². The number of amides is 1. The van der Waals surface area contributed by atoms with Gasteiger partial charge in [-0.1, -0.05) is 30.3 Å². The first kappa shape index (κ1) is 12.1. The molecule has 1 aliphatic heterocycles. The van der Waals surface area contributed by atoms with Crippen LogP contribution in [-0.2, 0) is 4.79 Å². The van der Waals surface area contributed by atoms with E-state index < -0.39 is 6.10 Å². The van der Waals surface area contributed by atoms with Gasteiger partial charge in [-0.15, -0.1) is 0 Å². The molecule has 1 heterocycles. The van der Waals surface area contributed by atoms with Gasteiger partial charge in [-0.2, -0.15) is 0 Å². The number of nitrogens with zero attached hydrogens (tertiary/aromatic N) is 1. The van der Waals surface area contributed by atoms with E-state index in [0.717, 1.165) is 6.54 Å². The maximum Gasteiger partial charge on any atom is 0.256 e. The number of hydrogen-bond donors (Lipinski definition) is 2. The average Bonchev–Trinajstić information content (AvgIpc) is 2.38. The molecule has 4 nitrogen and oxygen atoms in total. The zero-order valence-electron chi connectivity index (χ0n) is 9.97. The fourth-order valence-corrected chi connectivity index (χ4v) is 2.08. The van der Waals surface area contributed by atoms with Gasteiger partial charge in [0.05, 0.1) is 0 Å². The Kier molecular flexibility index (Phi) is 3.76. The highest BCUT2D eigenvalue weighted by Crippen LogP contribution is 2.16. The second kappa shape index (κ2) is 5.29. The molecule has 1 fully saturated rings. The Morgan fingerprint density at radius 1 is 1.47 bits per heavy atom. The Bertz CT molecular complexity index is 380. The third kappa shape index (κ3) is 2.84. The summed E-state index contributed by atoms with van der Waals surface area (Å²) in [6, 6.07) is 9.35. The standard InChI is InChI=1S/C13H18N2O2/c1-10-9-15(8-7-14-10)13(17)12(16)11-5-3-2-4-6-11/h2-6,10,12,14,16H,7-9H2,1H3/t10-,12?/m0/s1. The summed E-state index contributed by atoms with van der Waals surface area (Å²) in [6.45, 7) is 4.14. The third-order valence-corrected chi connectivity index (χ3v) is 3.03. The first-order valence-corrected chi connectivity index (χ1v) is 5.93. The first-order valence-electron chi connectivity index (χ1n) is 5.93. The van der Waals surface area contributed by atoms with E-state index in [2.05, 4.69) is 5.32 Å². The van der Waals surface area contributed by atoms with Gasteiger partial charge in [0.25, 0.3) is 5.91 Å². The summed E-state index contributed by atoms with van der Waals surface area (Å²) in [5.74, 6) is -0.204. The highest BCUT2D eigenvalue weighted by molar-refractivity contribution is 5.82. The van der Waals surface area contributed by atoms with Gasteiger partial charge in [-0.3, -0.25) is 4.79 Å². The summed E-state index contributed by atoms with van der Waals surface area (Å²) in [7, 11) is 0. The Balaban J connectivity index is 2.04. The Morgan fingerprint density at radius 2 is 2.18 bits per heavy atom. The molecule has 4 heteroatoms. The first-order chi connectivity index (χ1) is 8.18. The number of piperazine rings is 1. The average molecular weight is 234 g/mol. The Hall–Kier alpha value is -1.39. The van der Waals surface area contributed by atoms with Crippen molar-refractivity contribution in [3.05, 3.63) is 35.9 Å². The molecular weight excluding hydrogens is 216 g/mol. The molecular formula is C13H18N2O2. The van der Waals surface area contributed by atoms with Crippen LogP contribution in [0.25, 0.3) is 0 Å². The van der Waals surface area contributed by atoms with Gasteiger partial charge in [-0.25, -0.2) is 0 Å². The molecule has 1 aromatic rings. The van der Waals surface area contributed by atoms with E-state index in [1.54, 1.807) is 17.0 Å². The topological polar surface area (TPSA) is 52.6 Å². The summed E-state index contributed by atoms with van der Waals surface area (Å²) in [5, 5.41) is 13.3. The molecule has 2 rings (SSSR count). The van der Waals surface area contributed by atoms with Gasteiger partial charge in [-0.05, 0) is 12.5 Å². The number of carbonyl (C=O) groups is 1. The largest absolute Gasteiger partial charge is 0.378 e. The lowest BCUT2D eigenvalue weighted by atomic mass is 10.1. The van der Waals surface area contributed by atoms with Gasteiger partial charge < -0.3 is 15.3 Å². The molecule has 1 aliphatic rings. The highest BCUT2D eigenvalue weighted by Gasteiger charge is 2.26. The summed E-state index contributed by atoms with van der Waals surface area (Å²) in [4.78, 5) is 13.8. The van der Waals surface area contributed by atoms with Crippen molar-refractivity contribution in [3.8, 4) is 0 Å². The van der Waals surface area contributed by atoms with E-state index in [1.807, 2.05) is 25.1 Å². The monoisotopic (exact) mass is 234 g/mol. The van der Waals surface area contributed by atoms with Crippen molar-refractivity contribution < 1.29 is 9.90 Å². The minimum Gasteiger partial charge on any atom is -0.378 e. The molecule has 2 atom stereocenters. The van der Waals surface area contributed by atoms with Crippen molar-refractivity contribution in [1.29, 1.82) is 0 Å². The Morgan fingerprint density at radius 3 is 2.82 bits per heavy atom. The number of aliphatic hydroxyl groups excluding tert-OH is 1. The van der Waals surface area contributed by atoms with E-state index in [4.69, 9.17) is 0 Å². The lowest BCUT2D eigenvalue weighted by Crippen LogP contribution is -2.52. The maximum atomic E-state index is 12.1. The molecule has 0 aromatic heterocycles. The lowest BCUT2D eigenvalue weighted by Gasteiger charge is -2.33.